The maximum atomic E-state index is 5.23. The Morgan fingerprint density at radius 3 is 2.38 bits per heavy atom. The van der Waals surface area contributed by atoms with Crippen LogP contribution in [-0.4, -0.2) is 13.4 Å². The Kier molecular flexibility index (Phi) is 3.67. The summed E-state index contributed by atoms with van der Waals surface area (Å²) in [6, 6.07) is 6.39. The second kappa shape index (κ2) is 4.56. The van der Waals surface area contributed by atoms with E-state index in [0.29, 0.717) is 5.92 Å². The maximum absolute atomic E-state index is 5.23. The Hall–Kier alpha value is -0.630. The highest BCUT2D eigenvalue weighted by atomic mass is 32.2. The summed E-state index contributed by atoms with van der Waals surface area (Å²) in [5.41, 5.74) is 1.34. The van der Waals surface area contributed by atoms with Gasteiger partial charge in [0.15, 0.2) is 0 Å². The van der Waals surface area contributed by atoms with Crippen LogP contribution in [0.4, 0.5) is 0 Å². The number of methoxy groups -OCH3 is 1. The molecule has 72 valence electrons. The minimum atomic E-state index is 0.556. The first-order valence-electron chi connectivity index (χ1n) is 4.40. The van der Waals surface area contributed by atoms with Crippen LogP contribution in [0.5, 0.6) is 5.75 Å². The molecule has 0 heterocycles. The van der Waals surface area contributed by atoms with Gasteiger partial charge < -0.3 is 4.74 Å². The molecule has 0 radical (unpaired) electrons. The van der Waals surface area contributed by atoms with Gasteiger partial charge in [-0.05, 0) is 35.9 Å². The Balaban J connectivity index is 3.07. The monoisotopic (exact) mass is 196 g/mol. The number of rotatable bonds is 3. The zero-order valence-electron chi connectivity index (χ0n) is 8.63. The second-order valence-electron chi connectivity index (χ2n) is 3.30. The van der Waals surface area contributed by atoms with E-state index in [4.69, 9.17) is 4.74 Å². The van der Waals surface area contributed by atoms with Gasteiger partial charge in [0.2, 0.25) is 0 Å². The zero-order valence-corrected chi connectivity index (χ0v) is 9.44. The highest BCUT2D eigenvalue weighted by Crippen LogP contribution is 2.27. The first kappa shape index (κ1) is 10.5. The standard InChI is InChI=1S/C11H16OS/c1-8(2)9-5-10(12-3)7-11(6-9)13-4/h5-8H,1-4H3. The van der Waals surface area contributed by atoms with Crippen molar-refractivity contribution in [2.45, 2.75) is 24.7 Å². The van der Waals surface area contributed by atoms with Gasteiger partial charge in [-0.3, -0.25) is 0 Å². The molecule has 0 aliphatic rings. The first-order valence-corrected chi connectivity index (χ1v) is 5.62. The van der Waals surface area contributed by atoms with Gasteiger partial charge >= 0.3 is 0 Å². The molecule has 0 aliphatic heterocycles. The Bertz CT molecular complexity index is 259. The van der Waals surface area contributed by atoms with Crippen LogP contribution >= 0.6 is 11.8 Å². The van der Waals surface area contributed by atoms with Gasteiger partial charge in [0.05, 0.1) is 7.11 Å². The van der Waals surface area contributed by atoms with Crippen LogP contribution in [0.25, 0.3) is 0 Å². The number of hydrogen-bond donors (Lipinski definition) is 0. The van der Waals surface area contributed by atoms with Crippen LogP contribution in [0.15, 0.2) is 23.1 Å². The van der Waals surface area contributed by atoms with Crippen LogP contribution in [0.2, 0.25) is 0 Å². The van der Waals surface area contributed by atoms with Gasteiger partial charge in [-0.25, -0.2) is 0 Å². The minimum absolute atomic E-state index is 0.556. The molecule has 0 aromatic heterocycles. The van der Waals surface area contributed by atoms with E-state index in [1.54, 1.807) is 18.9 Å². The van der Waals surface area contributed by atoms with Crippen LogP contribution in [-0.2, 0) is 0 Å². The number of hydrogen-bond acceptors (Lipinski definition) is 2. The summed E-state index contributed by atoms with van der Waals surface area (Å²) >= 11 is 1.75. The number of thioether (sulfide) groups is 1. The fraction of sp³-hybridized carbons (Fsp3) is 0.455. The van der Waals surface area contributed by atoms with Gasteiger partial charge in [0, 0.05) is 4.90 Å². The number of benzene rings is 1. The van der Waals surface area contributed by atoms with Crippen LogP contribution in [0, 0.1) is 0 Å². The largest absolute Gasteiger partial charge is 0.497 e. The smallest absolute Gasteiger partial charge is 0.120 e. The van der Waals surface area contributed by atoms with E-state index in [9.17, 15) is 0 Å². The average molecular weight is 196 g/mol. The molecule has 0 N–H and O–H groups in total. The molecule has 1 aromatic rings. The van der Waals surface area contributed by atoms with Crippen molar-refractivity contribution in [3.63, 3.8) is 0 Å². The summed E-state index contributed by atoms with van der Waals surface area (Å²) in [5.74, 6) is 1.51. The van der Waals surface area contributed by atoms with Gasteiger partial charge in [0.1, 0.15) is 5.75 Å². The maximum Gasteiger partial charge on any atom is 0.120 e. The highest BCUT2D eigenvalue weighted by molar-refractivity contribution is 7.98. The SMILES string of the molecule is COc1cc(SC)cc(C(C)C)c1. The summed E-state index contributed by atoms with van der Waals surface area (Å²) in [4.78, 5) is 1.27. The summed E-state index contributed by atoms with van der Waals surface area (Å²) in [5, 5.41) is 0. The van der Waals surface area contributed by atoms with Crippen LogP contribution in [0.3, 0.4) is 0 Å². The highest BCUT2D eigenvalue weighted by Gasteiger charge is 2.03. The van der Waals surface area contributed by atoms with Crippen molar-refractivity contribution in [1.82, 2.24) is 0 Å². The molecule has 0 fully saturated rings. The second-order valence-corrected chi connectivity index (χ2v) is 4.18. The number of ether oxygens (including phenoxy) is 1. The lowest BCUT2D eigenvalue weighted by molar-refractivity contribution is 0.413. The molecule has 1 aromatic carbocycles. The molecule has 0 bridgehead atoms. The molecule has 13 heavy (non-hydrogen) atoms. The van der Waals surface area contributed by atoms with E-state index in [-0.39, 0.29) is 0 Å². The lowest BCUT2D eigenvalue weighted by atomic mass is 10.0. The minimum Gasteiger partial charge on any atom is -0.497 e. The first-order chi connectivity index (χ1) is 6.17. The third-order valence-corrected chi connectivity index (χ3v) is 2.75. The van der Waals surface area contributed by atoms with Gasteiger partial charge in [-0.15, -0.1) is 11.8 Å². The van der Waals surface area contributed by atoms with Gasteiger partial charge in [-0.1, -0.05) is 13.8 Å². The third-order valence-electron chi connectivity index (χ3n) is 2.04. The quantitative estimate of drug-likeness (QED) is 0.684. The van der Waals surface area contributed by atoms with Crippen LogP contribution in [0.1, 0.15) is 25.3 Å². The van der Waals surface area contributed by atoms with Crippen molar-refractivity contribution in [3.05, 3.63) is 23.8 Å². The lowest BCUT2D eigenvalue weighted by Crippen LogP contribution is -1.90. The summed E-state index contributed by atoms with van der Waals surface area (Å²) in [6.07, 6.45) is 2.08. The molecule has 0 saturated carbocycles. The van der Waals surface area contributed by atoms with E-state index < -0.39 is 0 Å². The molecule has 2 heteroatoms. The predicted molar refractivity (Wildman–Crippen MR) is 58.9 cm³/mol. The summed E-state index contributed by atoms with van der Waals surface area (Å²) in [6.45, 7) is 4.39. The van der Waals surface area contributed by atoms with Crippen molar-refractivity contribution in [2.24, 2.45) is 0 Å². The molecule has 0 unspecified atom stereocenters. The Labute approximate surface area is 84.5 Å². The molecule has 0 aliphatic carbocycles. The normalized spacial score (nSPS) is 10.5. The van der Waals surface area contributed by atoms with Crippen molar-refractivity contribution in [2.75, 3.05) is 13.4 Å². The summed E-state index contributed by atoms with van der Waals surface area (Å²) < 4.78 is 5.23. The van der Waals surface area contributed by atoms with Crippen molar-refractivity contribution < 1.29 is 4.74 Å². The van der Waals surface area contributed by atoms with E-state index >= 15 is 0 Å². The fourth-order valence-electron chi connectivity index (χ4n) is 1.16. The lowest BCUT2D eigenvalue weighted by Gasteiger charge is -2.09. The van der Waals surface area contributed by atoms with E-state index in [1.807, 2.05) is 0 Å². The van der Waals surface area contributed by atoms with E-state index in [2.05, 4.69) is 38.3 Å². The third kappa shape index (κ3) is 2.66. The Morgan fingerprint density at radius 1 is 1.23 bits per heavy atom. The molecular formula is C11H16OS. The molecule has 1 rings (SSSR count). The summed E-state index contributed by atoms with van der Waals surface area (Å²) in [7, 11) is 1.71. The van der Waals surface area contributed by atoms with E-state index in [1.165, 1.54) is 10.5 Å². The van der Waals surface area contributed by atoms with E-state index in [0.717, 1.165) is 5.75 Å². The van der Waals surface area contributed by atoms with Gasteiger partial charge in [-0.2, -0.15) is 0 Å². The molecular weight excluding hydrogens is 180 g/mol. The van der Waals surface area contributed by atoms with Crippen LogP contribution < -0.4 is 4.74 Å². The van der Waals surface area contributed by atoms with Crippen molar-refractivity contribution >= 4 is 11.8 Å². The molecule has 1 nitrogen and oxygen atoms in total. The topological polar surface area (TPSA) is 9.23 Å². The molecule has 0 saturated heterocycles. The molecule has 0 spiro atoms. The predicted octanol–water partition coefficient (Wildman–Crippen LogP) is 3.54. The fourth-order valence-corrected chi connectivity index (χ4v) is 1.65. The zero-order chi connectivity index (χ0) is 9.84. The average Bonchev–Trinajstić information content (AvgIpc) is 2.16. The van der Waals surface area contributed by atoms with Gasteiger partial charge in [0.25, 0.3) is 0 Å². The Morgan fingerprint density at radius 2 is 1.92 bits per heavy atom. The molecule has 0 atom stereocenters. The van der Waals surface area contributed by atoms with Crippen molar-refractivity contribution in [3.8, 4) is 5.75 Å². The van der Waals surface area contributed by atoms with Crippen molar-refractivity contribution in [1.29, 1.82) is 0 Å². The molecule has 0 amide bonds.